The summed E-state index contributed by atoms with van der Waals surface area (Å²) < 4.78 is 18.7. The first-order chi connectivity index (χ1) is 11.6. The molecule has 24 heavy (non-hydrogen) atoms. The van der Waals surface area contributed by atoms with Gasteiger partial charge in [-0.25, -0.2) is 4.39 Å². The summed E-state index contributed by atoms with van der Waals surface area (Å²) in [5.74, 6) is 0.562. The minimum Gasteiger partial charge on any atom is -0.494 e. The predicted molar refractivity (Wildman–Crippen MR) is 96.2 cm³/mol. The molecule has 3 nitrogen and oxygen atoms in total. The standard InChI is InChI=1S/C19H20FNO2S/c1-13(24-12-14-7-8-18(23-2)16(20)11-14)19(22)21-10-9-15-5-3-4-6-17(15)21/h3-8,11,13H,9-10,12H2,1-2H3. The molecular formula is C19H20FNO2S. The molecule has 1 unspecified atom stereocenters. The molecule has 0 radical (unpaired) electrons. The van der Waals surface area contributed by atoms with Gasteiger partial charge in [0.1, 0.15) is 0 Å². The summed E-state index contributed by atoms with van der Waals surface area (Å²) in [5, 5.41) is -0.179. The highest BCUT2D eigenvalue weighted by Gasteiger charge is 2.27. The van der Waals surface area contributed by atoms with E-state index in [-0.39, 0.29) is 22.7 Å². The van der Waals surface area contributed by atoms with Crippen LogP contribution in [0.2, 0.25) is 0 Å². The number of hydrogen-bond acceptors (Lipinski definition) is 3. The molecule has 1 aliphatic heterocycles. The van der Waals surface area contributed by atoms with Gasteiger partial charge in [-0.05, 0) is 42.7 Å². The second-order valence-electron chi connectivity index (χ2n) is 5.79. The molecule has 2 aromatic rings. The van der Waals surface area contributed by atoms with Gasteiger partial charge in [0.15, 0.2) is 11.6 Å². The summed E-state index contributed by atoms with van der Waals surface area (Å²) in [6.07, 6.45) is 0.906. The number of fused-ring (bicyclic) bond motifs is 1. The summed E-state index contributed by atoms with van der Waals surface area (Å²) >= 11 is 1.52. The molecule has 3 rings (SSSR count). The number of carbonyl (C=O) groups is 1. The maximum absolute atomic E-state index is 13.7. The molecule has 1 atom stereocenters. The molecule has 0 fully saturated rings. The third kappa shape index (κ3) is 3.41. The summed E-state index contributed by atoms with van der Waals surface area (Å²) in [4.78, 5) is 14.6. The normalized spacial score (nSPS) is 14.4. The monoisotopic (exact) mass is 345 g/mol. The van der Waals surface area contributed by atoms with Crippen LogP contribution in [0.4, 0.5) is 10.1 Å². The van der Waals surface area contributed by atoms with Crippen LogP contribution in [0.1, 0.15) is 18.1 Å². The van der Waals surface area contributed by atoms with Crippen LogP contribution < -0.4 is 9.64 Å². The van der Waals surface area contributed by atoms with E-state index in [1.165, 1.54) is 30.5 Å². The van der Waals surface area contributed by atoms with Crippen LogP contribution in [0.15, 0.2) is 42.5 Å². The van der Waals surface area contributed by atoms with E-state index in [9.17, 15) is 9.18 Å². The first-order valence-electron chi connectivity index (χ1n) is 7.93. The molecule has 126 valence electrons. The van der Waals surface area contributed by atoms with Crippen LogP contribution in [0, 0.1) is 5.82 Å². The summed E-state index contributed by atoms with van der Waals surface area (Å²) in [7, 11) is 1.45. The number of halogens is 1. The Morgan fingerprint density at radius 2 is 2.12 bits per heavy atom. The Morgan fingerprint density at radius 3 is 2.88 bits per heavy atom. The number of anilines is 1. The second kappa shape index (κ2) is 7.26. The number of para-hydroxylation sites is 1. The molecule has 1 amide bonds. The number of carbonyl (C=O) groups excluding carboxylic acids is 1. The number of rotatable bonds is 5. The van der Waals surface area contributed by atoms with E-state index in [0.717, 1.165) is 24.2 Å². The summed E-state index contributed by atoms with van der Waals surface area (Å²) in [6, 6.07) is 12.9. The minimum atomic E-state index is -0.372. The van der Waals surface area contributed by atoms with E-state index in [1.54, 1.807) is 6.07 Å². The van der Waals surface area contributed by atoms with Gasteiger partial charge in [-0.15, -0.1) is 11.8 Å². The lowest BCUT2D eigenvalue weighted by atomic mass is 10.2. The highest BCUT2D eigenvalue weighted by molar-refractivity contribution is 7.99. The fourth-order valence-corrected chi connectivity index (χ4v) is 3.77. The van der Waals surface area contributed by atoms with Gasteiger partial charge in [0, 0.05) is 18.0 Å². The third-order valence-electron chi connectivity index (χ3n) is 4.22. The fourth-order valence-electron chi connectivity index (χ4n) is 2.88. The molecule has 5 heteroatoms. The molecule has 0 aromatic heterocycles. The molecule has 0 spiro atoms. The van der Waals surface area contributed by atoms with Crippen molar-refractivity contribution in [3.63, 3.8) is 0 Å². The highest BCUT2D eigenvalue weighted by Crippen LogP contribution is 2.30. The van der Waals surface area contributed by atoms with Crippen LogP contribution in [0.3, 0.4) is 0 Å². The summed E-state index contributed by atoms with van der Waals surface area (Å²) in [5.41, 5.74) is 3.09. The topological polar surface area (TPSA) is 29.5 Å². The number of ether oxygens (including phenoxy) is 1. The van der Waals surface area contributed by atoms with E-state index in [2.05, 4.69) is 6.07 Å². The Hall–Kier alpha value is -2.01. The number of benzene rings is 2. The Bertz CT molecular complexity index is 750. The van der Waals surface area contributed by atoms with Crippen molar-refractivity contribution < 1.29 is 13.9 Å². The number of hydrogen-bond donors (Lipinski definition) is 0. The van der Waals surface area contributed by atoms with E-state index in [4.69, 9.17) is 4.74 Å². The molecule has 0 bridgehead atoms. The van der Waals surface area contributed by atoms with Crippen LogP contribution >= 0.6 is 11.8 Å². The van der Waals surface area contributed by atoms with Gasteiger partial charge >= 0.3 is 0 Å². The zero-order valence-corrected chi connectivity index (χ0v) is 14.6. The number of thioether (sulfide) groups is 1. The zero-order valence-electron chi connectivity index (χ0n) is 13.8. The minimum absolute atomic E-state index is 0.110. The Morgan fingerprint density at radius 1 is 1.33 bits per heavy atom. The number of nitrogens with zero attached hydrogens (tertiary/aromatic N) is 1. The van der Waals surface area contributed by atoms with E-state index in [1.807, 2.05) is 36.1 Å². The van der Waals surface area contributed by atoms with Crippen molar-refractivity contribution in [1.29, 1.82) is 0 Å². The average Bonchev–Trinajstić information content (AvgIpc) is 3.03. The van der Waals surface area contributed by atoms with Crippen LogP contribution in [-0.4, -0.2) is 24.8 Å². The maximum Gasteiger partial charge on any atom is 0.239 e. The Kier molecular flexibility index (Phi) is 5.09. The molecule has 1 aliphatic rings. The smallest absolute Gasteiger partial charge is 0.239 e. The highest BCUT2D eigenvalue weighted by atomic mass is 32.2. The first kappa shape index (κ1) is 16.8. The number of methoxy groups -OCH3 is 1. The van der Waals surface area contributed by atoms with Gasteiger partial charge in [0.05, 0.1) is 12.4 Å². The molecule has 0 N–H and O–H groups in total. The predicted octanol–water partition coefficient (Wildman–Crippen LogP) is 4.05. The molecule has 1 heterocycles. The SMILES string of the molecule is COc1ccc(CSC(C)C(=O)N2CCc3ccccc32)cc1F. The second-order valence-corrected chi connectivity index (χ2v) is 7.12. The molecule has 0 aliphatic carbocycles. The van der Waals surface area contributed by atoms with E-state index >= 15 is 0 Å². The van der Waals surface area contributed by atoms with Crippen molar-refractivity contribution in [2.24, 2.45) is 0 Å². The third-order valence-corrected chi connectivity index (χ3v) is 5.42. The van der Waals surface area contributed by atoms with Crippen LogP contribution in [-0.2, 0) is 17.0 Å². The summed E-state index contributed by atoms with van der Waals surface area (Å²) in [6.45, 7) is 2.65. The fraction of sp³-hybridized carbons (Fsp3) is 0.316. The van der Waals surface area contributed by atoms with E-state index in [0.29, 0.717) is 5.75 Å². The van der Waals surface area contributed by atoms with Gasteiger partial charge in [-0.2, -0.15) is 0 Å². The van der Waals surface area contributed by atoms with Crippen molar-refractivity contribution in [3.05, 3.63) is 59.4 Å². The van der Waals surface area contributed by atoms with Crippen molar-refractivity contribution in [2.45, 2.75) is 24.3 Å². The Balaban J connectivity index is 1.62. The van der Waals surface area contributed by atoms with Crippen molar-refractivity contribution in [1.82, 2.24) is 0 Å². The lowest BCUT2D eigenvalue weighted by Gasteiger charge is -2.21. The average molecular weight is 345 g/mol. The van der Waals surface area contributed by atoms with Gasteiger partial charge in [0.2, 0.25) is 5.91 Å². The zero-order chi connectivity index (χ0) is 17.1. The Labute approximate surface area is 145 Å². The van der Waals surface area contributed by atoms with Gasteiger partial charge in [-0.1, -0.05) is 24.3 Å². The lowest BCUT2D eigenvalue weighted by Crippen LogP contribution is -2.35. The molecule has 2 aromatic carbocycles. The van der Waals surface area contributed by atoms with E-state index < -0.39 is 0 Å². The first-order valence-corrected chi connectivity index (χ1v) is 8.98. The molecule has 0 saturated heterocycles. The maximum atomic E-state index is 13.7. The van der Waals surface area contributed by atoms with Gasteiger partial charge in [-0.3, -0.25) is 4.79 Å². The lowest BCUT2D eigenvalue weighted by molar-refractivity contribution is -0.117. The van der Waals surface area contributed by atoms with Crippen molar-refractivity contribution in [3.8, 4) is 5.75 Å². The quantitative estimate of drug-likeness (QED) is 0.819. The van der Waals surface area contributed by atoms with Crippen LogP contribution in [0.5, 0.6) is 5.75 Å². The van der Waals surface area contributed by atoms with Crippen molar-refractivity contribution in [2.75, 3.05) is 18.6 Å². The van der Waals surface area contributed by atoms with Gasteiger partial charge in [0.25, 0.3) is 0 Å². The molecule has 0 saturated carbocycles. The molecular weight excluding hydrogens is 325 g/mol. The van der Waals surface area contributed by atoms with Crippen molar-refractivity contribution >= 4 is 23.4 Å². The largest absolute Gasteiger partial charge is 0.494 e. The van der Waals surface area contributed by atoms with Crippen LogP contribution in [0.25, 0.3) is 0 Å². The number of amides is 1. The van der Waals surface area contributed by atoms with Gasteiger partial charge < -0.3 is 9.64 Å².